The van der Waals surface area contributed by atoms with Crippen molar-refractivity contribution in [1.82, 2.24) is 4.57 Å². The Morgan fingerprint density at radius 2 is 2.29 bits per heavy atom. The third-order valence-electron chi connectivity index (χ3n) is 3.40. The summed E-state index contributed by atoms with van der Waals surface area (Å²) < 4.78 is 7.39. The van der Waals surface area contributed by atoms with Gasteiger partial charge in [-0.05, 0) is 37.0 Å². The summed E-state index contributed by atoms with van der Waals surface area (Å²) in [5.74, 6) is 1.59. The Morgan fingerprint density at radius 3 is 2.94 bits per heavy atom. The van der Waals surface area contributed by atoms with E-state index in [9.17, 15) is 4.79 Å². The molecule has 1 aliphatic rings. The molecule has 0 radical (unpaired) electrons. The van der Waals surface area contributed by atoms with Crippen LogP contribution in [0, 0.1) is 5.92 Å². The second-order valence-electron chi connectivity index (χ2n) is 4.68. The number of carbonyl (C=O) groups is 1. The fourth-order valence-electron chi connectivity index (χ4n) is 2.25. The van der Waals surface area contributed by atoms with Gasteiger partial charge in [0.15, 0.2) is 6.29 Å². The molecule has 2 aromatic rings. The van der Waals surface area contributed by atoms with Crippen LogP contribution in [0.1, 0.15) is 23.2 Å². The minimum atomic E-state index is 0.750. The van der Waals surface area contributed by atoms with E-state index in [0.717, 1.165) is 41.0 Å². The molecule has 3 rings (SSSR count). The van der Waals surface area contributed by atoms with Gasteiger partial charge in [-0.1, -0.05) is 0 Å². The number of carbonyl (C=O) groups excluding carboxylic acids is 1. The topological polar surface area (TPSA) is 31.2 Å². The highest BCUT2D eigenvalue weighted by Crippen LogP contribution is 2.33. The molecule has 0 saturated heterocycles. The predicted molar refractivity (Wildman–Crippen MR) is 66.6 cm³/mol. The number of benzene rings is 1. The highest BCUT2D eigenvalue weighted by atomic mass is 16.5. The van der Waals surface area contributed by atoms with Crippen LogP contribution in [-0.4, -0.2) is 18.0 Å². The molecule has 0 bridgehead atoms. The van der Waals surface area contributed by atoms with Crippen LogP contribution in [0.5, 0.6) is 5.75 Å². The maximum Gasteiger partial charge on any atom is 0.152 e. The monoisotopic (exact) mass is 229 g/mol. The van der Waals surface area contributed by atoms with Crippen molar-refractivity contribution in [2.24, 2.45) is 5.92 Å². The van der Waals surface area contributed by atoms with E-state index < -0.39 is 0 Å². The molecule has 1 aliphatic carbocycles. The smallest absolute Gasteiger partial charge is 0.152 e. The number of hydrogen-bond donors (Lipinski definition) is 0. The van der Waals surface area contributed by atoms with Crippen LogP contribution in [-0.2, 0) is 6.54 Å². The Kier molecular flexibility index (Phi) is 2.39. The van der Waals surface area contributed by atoms with E-state index in [0.29, 0.717) is 0 Å². The van der Waals surface area contributed by atoms with Gasteiger partial charge in [0.1, 0.15) is 5.75 Å². The summed E-state index contributed by atoms with van der Waals surface area (Å²) in [6.07, 6.45) is 5.50. The molecule has 88 valence electrons. The number of methoxy groups -OCH3 is 1. The zero-order valence-corrected chi connectivity index (χ0v) is 9.85. The molecule has 3 heteroatoms. The van der Waals surface area contributed by atoms with Gasteiger partial charge in [0.25, 0.3) is 0 Å². The van der Waals surface area contributed by atoms with Crippen molar-refractivity contribution >= 4 is 17.2 Å². The SMILES string of the molecule is COc1ccc2c(c1)c(C=O)cn2CC1CC1. The second kappa shape index (κ2) is 3.91. The van der Waals surface area contributed by atoms with Crippen molar-refractivity contribution in [1.29, 1.82) is 0 Å². The van der Waals surface area contributed by atoms with Crippen LogP contribution in [0.25, 0.3) is 10.9 Å². The standard InChI is InChI=1S/C14H15NO2/c1-17-12-4-5-14-13(6-12)11(9-16)8-15(14)7-10-2-3-10/h4-6,8-10H,2-3,7H2,1H3. The van der Waals surface area contributed by atoms with E-state index in [1.165, 1.54) is 12.8 Å². The van der Waals surface area contributed by atoms with E-state index in [4.69, 9.17) is 4.74 Å². The molecule has 0 unspecified atom stereocenters. The first-order chi connectivity index (χ1) is 8.31. The number of nitrogens with zero attached hydrogens (tertiary/aromatic N) is 1. The number of aromatic nitrogens is 1. The summed E-state index contributed by atoms with van der Waals surface area (Å²) in [6, 6.07) is 5.91. The van der Waals surface area contributed by atoms with Gasteiger partial charge in [-0.15, -0.1) is 0 Å². The summed E-state index contributed by atoms with van der Waals surface area (Å²) in [4.78, 5) is 11.1. The van der Waals surface area contributed by atoms with Gasteiger partial charge < -0.3 is 9.30 Å². The van der Waals surface area contributed by atoms with E-state index >= 15 is 0 Å². The van der Waals surface area contributed by atoms with Crippen LogP contribution in [0.2, 0.25) is 0 Å². The third-order valence-corrected chi connectivity index (χ3v) is 3.40. The summed E-state index contributed by atoms with van der Waals surface area (Å²) >= 11 is 0. The molecule has 3 nitrogen and oxygen atoms in total. The predicted octanol–water partition coefficient (Wildman–Crippen LogP) is 2.87. The van der Waals surface area contributed by atoms with Gasteiger partial charge in [0.05, 0.1) is 7.11 Å². The summed E-state index contributed by atoms with van der Waals surface area (Å²) in [6.45, 7) is 1.02. The highest BCUT2D eigenvalue weighted by molar-refractivity contribution is 5.98. The number of hydrogen-bond acceptors (Lipinski definition) is 2. The van der Waals surface area contributed by atoms with Crippen LogP contribution >= 0.6 is 0 Å². The average Bonchev–Trinajstić information content (AvgIpc) is 3.11. The fourth-order valence-corrected chi connectivity index (χ4v) is 2.25. The van der Waals surface area contributed by atoms with Crippen LogP contribution < -0.4 is 4.74 Å². The zero-order chi connectivity index (χ0) is 11.8. The lowest BCUT2D eigenvalue weighted by Gasteiger charge is -2.04. The molecule has 17 heavy (non-hydrogen) atoms. The zero-order valence-electron chi connectivity index (χ0n) is 9.85. The van der Waals surface area contributed by atoms with Crippen LogP contribution in [0.4, 0.5) is 0 Å². The van der Waals surface area contributed by atoms with Gasteiger partial charge in [-0.3, -0.25) is 4.79 Å². The lowest BCUT2D eigenvalue weighted by Crippen LogP contribution is -1.97. The lowest BCUT2D eigenvalue weighted by molar-refractivity contribution is 0.112. The molecule has 0 N–H and O–H groups in total. The quantitative estimate of drug-likeness (QED) is 0.755. The fraction of sp³-hybridized carbons (Fsp3) is 0.357. The van der Waals surface area contributed by atoms with Gasteiger partial charge in [0, 0.05) is 29.2 Å². The molecule has 1 aromatic carbocycles. The van der Waals surface area contributed by atoms with Gasteiger partial charge in [-0.25, -0.2) is 0 Å². The Hall–Kier alpha value is -1.77. The van der Waals surface area contributed by atoms with Crippen molar-refractivity contribution < 1.29 is 9.53 Å². The van der Waals surface area contributed by atoms with Crippen LogP contribution in [0.15, 0.2) is 24.4 Å². The minimum absolute atomic E-state index is 0.750. The van der Waals surface area contributed by atoms with E-state index in [1.54, 1.807) is 7.11 Å². The first-order valence-corrected chi connectivity index (χ1v) is 5.94. The number of aldehydes is 1. The Bertz CT molecular complexity index is 567. The first-order valence-electron chi connectivity index (χ1n) is 5.94. The number of ether oxygens (including phenoxy) is 1. The van der Waals surface area contributed by atoms with Gasteiger partial charge in [-0.2, -0.15) is 0 Å². The lowest BCUT2D eigenvalue weighted by atomic mass is 10.2. The molecule has 0 atom stereocenters. The summed E-state index contributed by atoms with van der Waals surface area (Å²) in [5.41, 5.74) is 1.87. The van der Waals surface area contributed by atoms with Crippen LogP contribution in [0.3, 0.4) is 0 Å². The first kappa shape index (κ1) is 10.4. The number of fused-ring (bicyclic) bond motifs is 1. The Balaban J connectivity index is 2.12. The molecule has 1 fully saturated rings. The third kappa shape index (κ3) is 1.82. The van der Waals surface area contributed by atoms with Gasteiger partial charge >= 0.3 is 0 Å². The van der Waals surface area contributed by atoms with E-state index in [-0.39, 0.29) is 0 Å². The van der Waals surface area contributed by atoms with Crippen molar-refractivity contribution in [2.45, 2.75) is 19.4 Å². The highest BCUT2D eigenvalue weighted by Gasteiger charge is 2.22. The van der Waals surface area contributed by atoms with E-state index in [2.05, 4.69) is 4.57 Å². The number of rotatable bonds is 4. The normalized spacial score (nSPS) is 15.1. The summed E-state index contributed by atoms with van der Waals surface area (Å²) in [5, 5.41) is 0.986. The minimum Gasteiger partial charge on any atom is -0.497 e. The van der Waals surface area contributed by atoms with Gasteiger partial charge in [0.2, 0.25) is 0 Å². The molecule has 0 amide bonds. The summed E-state index contributed by atoms with van der Waals surface area (Å²) in [7, 11) is 1.64. The van der Waals surface area contributed by atoms with E-state index in [1.807, 2.05) is 24.4 Å². The molecule has 1 aromatic heterocycles. The second-order valence-corrected chi connectivity index (χ2v) is 4.68. The maximum absolute atomic E-state index is 11.1. The molecule has 1 heterocycles. The Labute approximate surface area is 100.0 Å². The largest absolute Gasteiger partial charge is 0.497 e. The van der Waals surface area contributed by atoms with Crippen molar-refractivity contribution in [3.8, 4) is 5.75 Å². The molecule has 0 spiro atoms. The van der Waals surface area contributed by atoms with Crippen molar-refractivity contribution in [3.05, 3.63) is 30.0 Å². The molecule has 1 saturated carbocycles. The molecular weight excluding hydrogens is 214 g/mol. The van der Waals surface area contributed by atoms with Crippen molar-refractivity contribution in [2.75, 3.05) is 7.11 Å². The maximum atomic E-state index is 11.1. The molecule has 0 aliphatic heterocycles. The molecular formula is C14H15NO2. The Morgan fingerprint density at radius 1 is 1.47 bits per heavy atom. The average molecular weight is 229 g/mol. The van der Waals surface area contributed by atoms with Crippen molar-refractivity contribution in [3.63, 3.8) is 0 Å².